The van der Waals surface area contributed by atoms with Crippen molar-refractivity contribution in [3.63, 3.8) is 0 Å². The molecule has 0 saturated carbocycles. The molecule has 1 rings (SSSR count). The number of hydrogen-bond acceptors (Lipinski definition) is 3. The third-order valence-corrected chi connectivity index (χ3v) is 3.88. The number of hydrogen-bond donors (Lipinski definition) is 0. The Labute approximate surface area is 109 Å². The van der Waals surface area contributed by atoms with E-state index in [2.05, 4.69) is 12.0 Å². The summed E-state index contributed by atoms with van der Waals surface area (Å²) in [4.78, 5) is 0. The van der Waals surface area contributed by atoms with Crippen molar-refractivity contribution in [3.05, 3.63) is 29.3 Å². The van der Waals surface area contributed by atoms with Crippen molar-refractivity contribution in [1.82, 2.24) is 0 Å². The Morgan fingerprint density at radius 3 is 2.39 bits per heavy atom. The molecule has 0 saturated heterocycles. The Balaban J connectivity index is 2.41. The summed E-state index contributed by atoms with van der Waals surface area (Å²) < 4.78 is 28.2. The van der Waals surface area contributed by atoms with Crippen molar-refractivity contribution in [1.29, 1.82) is 0 Å². The van der Waals surface area contributed by atoms with Gasteiger partial charge < -0.3 is 4.74 Å². The lowest BCUT2D eigenvalue weighted by Crippen LogP contribution is -2.12. The van der Waals surface area contributed by atoms with E-state index in [1.807, 2.05) is 26.0 Å². The molecule has 0 aliphatic carbocycles. The van der Waals surface area contributed by atoms with Gasteiger partial charge in [0.25, 0.3) is 0 Å². The van der Waals surface area contributed by atoms with Gasteiger partial charge in [-0.05, 0) is 43.5 Å². The topological polar surface area (TPSA) is 43.4 Å². The minimum absolute atomic E-state index is 0.0714. The highest BCUT2D eigenvalue weighted by molar-refractivity contribution is 7.91. The number of rotatable bonds is 6. The fourth-order valence-electron chi connectivity index (χ4n) is 1.68. The van der Waals surface area contributed by atoms with E-state index in [-0.39, 0.29) is 11.5 Å². The van der Waals surface area contributed by atoms with Gasteiger partial charge >= 0.3 is 0 Å². The molecule has 0 fully saturated rings. The van der Waals surface area contributed by atoms with Crippen LogP contribution in [-0.4, -0.2) is 26.5 Å². The average Bonchev–Trinajstić information content (AvgIpc) is 2.23. The van der Waals surface area contributed by atoms with Gasteiger partial charge in [-0.15, -0.1) is 6.42 Å². The SMILES string of the molecule is C#CCS(=O)(=O)CCCOc1cc(C)cc(C)c1. The molecule has 0 N–H and O–H groups in total. The summed E-state index contributed by atoms with van der Waals surface area (Å²) in [5.74, 6) is 2.81. The van der Waals surface area contributed by atoms with Crippen LogP contribution in [0.2, 0.25) is 0 Å². The predicted octanol–water partition coefficient (Wildman–Crippen LogP) is 2.12. The van der Waals surface area contributed by atoms with E-state index in [0.717, 1.165) is 16.9 Å². The van der Waals surface area contributed by atoms with Crippen molar-refractivity contribution >= 4 is 9.84 Å². The first-order valence-electron chi connectivity index (χ1n) is 5.78. The van der Waals surface area contributed by atoms with E-state index in [0.29, 0.717) is 13.0 Å². The first-order valence-corrected chi connectivity index (χ1v) is 7.60. The lowest BCUT2D eigenvalue weighted by molar-refractivity contribution is 0.317. The van der Waals surface area contributed by atoms with Gasteiger partial charge in [-0.3, -0.25) is 0 Å². The quantitative estimate of drug-likeness (QED) is 0.585. The van der Waals surface area contributed by atoms with Crippen molar-refractivity contribution < 1.29 is 13.2 Å². The molecule has 0 atom stereocenters. The van der Waals surface area contributed by atoms with Gasteiger partial charge in [0, 0.05) is 0 Å². The smallest absolute Gasteiger partial charge is 0.161 e. The maximum Gasteiger partial charge on any atom is 0.161 e. The summed E-state index contributed by atoms with van der Waals surface area (Å²) >= 11 is 0. The average molecular weight is 266 g/mol. The predicted molar refractivity (Wildman–Crippen MR) is 73.5 cm³/mol. The number of aryl methyl sites for hydroxylation is 2. The molecule has 0 aliphatic rings. The molecule has 1 aromatic carbocycles. The van der Waals surface area contributed by atoms with Crippen LogP contribution >= 0.6 is 0 Å². The Kier molecular flexibility index (Phi) is 5.24. The van der Waals surface area contributed by atoms with Gasteiger partial charge in [0.1, 0.15) is 11.5 Å². The van der Waals surface area contributed by atoms with E-state index in [4.69, 9.17) is 11.2 Å². The monoisotopic (exact) mass is 266 g/mol. The Bertz CT molecular complexity index is 518. The van der Waals surface area contributed by atoms with Crippen molar-refractivity contribution in [2.75, 3.05) is 18.1 Å². The van der Waals surface area contributed by atoms with Crippen molar-refractivity contribution in [2.45, 2.75) is 20.3 Å². The zero-order valence-electron chi connectivity index (χ0n) is 10.8. The molecular weight excluding hydrogens is 248 g/mol. The van der Waals surface area contributed by atoms with E-state index in [9.17, 15) is 8.42 Å². The second-order valence-electron chi connectivity index (χ2n) is 4.32. The third kappa shape index (κ3) is 5.24. The van der Waals surface area contributed by atoms with E-state index < -0.39 is 9.84 Å². The Hall–Kier alpha value is -1.47. The second kappa shape index (κ2) is 6.46. The summed E-state index contributed by atoms with van der Waals surface area (Å²) in [6, 6.07) is 5.93. The Morgan fingerprint density at radius 1 is 1.22 bits per heavy atom. The molecule has 3 nitrogen and oxygen atoms in total. The molecule has 0 heterocycles. The number of ether oxygens (including phenoxy) is 1. The minimum Gasteiger partial charge on any atom is -0.494 e. The zero-order chi connectivity index (χ0) is 13.6. The molecule has 0 spiro atoms. The van der Waals surface area contributed by atoms with E-state index in [1.165, 1.54) is 0 Å². The van der Waals surface area contributed by atoms with Crippen LogP contribution in [-0.2, 0) is 9.84 Å². The van der Waals surface area contributed by atoms with Crippen LogP contribution in [0.25, 0.3) is 0 Å². The van der Waals surface area contributed by atoms with E-state index in [1.54, 1.807) is 0 Å². The standard InChI is InChI=1S/C14H18O3S/c1-4-7-18(15,16)8-5-6-17-14-10-12(2)9-13(3)11-14/h1,9-11H,5-8H2,2-3H3. The summed E-state index contributed by atoms with van der Waals surface area (Å²) in [5, 5.41) is 0. The molecule has 0 aliphatic heterocycles. The van der Waals surface area contributed by atoms with Gasteiger partial charge in [-0.25, -0.2) is 8.42 Å². The summed E-state index contributed by atoms with van der Waals surface area (Å²) in [7, 11) is -3.12. The molecule has 0 unspecified atom stereocenters. The first kappa shape index (κ1) is 14.6. The van der Waals surface area contributed by atoms with Gasteiger partial charge in [-0.1, -0.05) is 12.0 Å². The van der Waals surface area contributed by atoms with Crippen LogP contribution in [0.1, 0.15) is 17.5 Å². The van der Waals surface area contributed by atoms with Crippen LogP contribution in [0.15, 0.2) is 18.2 Å². The molecule has 0 amide bonds. The molecule has 0 radical (unpaired) electrons. The summed E-state index contributed by atoms with van der Waals surface area (Å²) in [6.07, 6.45) is 5.44. The molecule has 4 heteroatoms. The Morgan fingerprint density at radius 2 is 1.83 bits per heavy atom. The maximum atomic E-state index is 11.4. The highest BCUT2D eigenvalue weighted by atomic mass is 32.2. The zero-order valence-corrected chi connectivity index (χ0v) is 11.6. The van der Waals surface area contributed by atoms with Crippen LogP contribution in [0.4, 0.5) is 0 Å². The van der Waals surface area contributed by atoms with Crippen molar-refractivity contribution in [3.8, 4) is 18.1 Å². The summed E-state index contributed by atoms with van der Waals surface area (Å²) in [5.41, 5.74) is 2.26. The van der Waals surface area contributed by atoms with Gasteiger partial charge in [0.15, 0.2) is 9.84 Å². The number of sulfone groups is 1. The van der Waals surface area contributed by atoms with Gasteiger partial charge in [-0.2, -0.15) is 0 Å². The lowest BCUT2D eigenvalue weighted by atomic mass is 10.1. The minimum atomic E-state index is -3.12. The largest absolute Gasteiger partial charge is 0.494 e. The number of benzene rings is 1. The lowest BCUT2D eigenvalue weighted by Gasteiger charge is -2.08. The van der Waals surface area contributed by atoms with E-state index >= 15 is 0 Å². The third-order valence-electron chi connectivity index (χ3n) is 2.37. The second-order valence-corrected chi connectivity index (χ2v) is 6.51. The normalized spacial score (nSPS) is 10.9. The molecule has 18 heavy (non-hydrogen) atoms. The molecule has 98 valence electrons. The fraction of sp³-hybridized carbons (Fsp3) is 0.429. The maximum absolute atomic E-state index is 11.4. The number of terminal acetylenes is 1. The molecule has 0 aromatic heterocycles. The first-order chi connectivity index (χ1) is 8.43. The van der Waals surface area contributed by atoms with Gasteiger partial charge in [0.2, 0.25) is 0 Å². The van der Waals surface area contributed by atoms with Crippen molar-refractivity contribution in [2.24, 2.45) is 0 Å². The molecular formula is C14H18O3S. The molecule has 0 bridgehead atoms. The van der Waals surface area contributed by atoms with Crippen LogP contribution in [0.5, 0.6) is 5.75 Å². The van der Waals surface area contributed by atoms with Crippen LogP contribution in [0.3, 0.4) is 0 Å². The van der Waals surface area contributed by atoms with Crippen LogP contribution < -0.4 is 4.74 Å². The van der Waals surface area contributed by atoms with Crippen LogP contribution in [0, 0.1) is 26.2 Å². The van der Waals surface area contributed by atoms with Gasteiger partial charge in [0.05, 0.1) is 12.4 Å². The molecule has 1 aromatic rings. The highest BCUT2D eigenvalue weighted by Gasteiger charge is 2.08. The summed E-state index contributed by atoms with van der Waals surface area (Å²) in [6.45, 7) is 4.38. The fourth-order valence-corrected chi connectivity index (χ4v) is 2.64. The highest BCUT2D eigenvalue weighted by Crippen LogP contribution is 2.16.